The van der Waals surface area contributed by atoms with Gasteiger partial charge in [-0.3, -0.25) is 14.7 Å². The average molecular weight is 356 g/mol. The highest BCUT2D eigenvalue weighted by atomic mass is 16.5. The Hall–Kier alpha value is -3.29. The first kappa shape index (κ1) is 17.5. The van der Waals surface area contributed by atoms with Crippen LogP contribution in [0.15, 0.2) is 42.7 Å². The summed E-state index contributed by atoms with van der Waals surface area (Å²) in [6.45, 7) is 0.887. The predicted molar refractivity (Wildman–Crippen MR) is 96.7 cm³/mol. The number of amides is 3. The van der Waals surface area contributed by atoms with Crippen LogP contribution >= 0.6 is 0 Å². The maximum absolute atomic E-state index is 12.7. The number of nitrogens with one attached hydrogen (secondary N) is 1. The molecule has 1 fully saturated rings. The minimum atomic E-state index is -0.260. The van der Waals surface area contributed by atoms with Gasteiger partial charge in [-0.25, -0.2) is 4.79 Å². The monoisotopic (exact) mass is 356 g/mol. The van der Waals surface area contributed by atoms with E-state index in [0.29, 0.717) is 36.0 Å². The van der Waals surface area contributed by atoms with Gasteiger partial charge in [-0.15, -0.1) is 0 Å². The first-order valence-electron chi connectivity index (χ1n) is 8.10. The molecule has 2 heterocycles. The molecule has 0 aliphatic carbocycles. The van der Waals surface area contributed by atoms with Crippen LogP contribution < -0.4 is 19.7 Å². The number of ether oxygens (including phenoxy) is 2. The molecule has 1 saturated heterocycles. The Morgan fingerprint density at radius 3 is 2.62 bits per heavy atom. The van der Waals surface area contributed by atoms with Gasteiger partial charge in [0.05, 0.1) is 19.9 Å². The zero-order valence-electron chi connectivity index (χ0n) is 14.6. The van der Waals surface area contributed by atoms with Gasteiger partial charge >= 0.3 is 6.03 Å². The molecular formula is C18H20N4O4. The van der Waals surface area contributed by atoms with Crippen molar-refractivity contribution in [2.75, 3.05) is 44.1 Å². The summed E-state index contributed by atoms with van der Waals surface area (Å²) in [4.78, 5) is 31.9. The van der Waals surface area contributed by atoms with Gasteiger partial charge in [-0.05, 0) is 24.3 Å². The molecule has 136 valence electrons. The van der Waals surface area contributed by atoms with E-state index < -0.39 is 0 Å². The minimum absolute atomic E-state index is 0.0239. The van der Waals surface area contributed by atoms with Crippen molar-refractivity contribution in [3.05, 3.63) is 42.7 Å². The van der Waals surface area contributed by atoms with Crippen LogP contribution in [0.4, 0.5) is 16.2 Å². The lowest BCUT2D eigenvalue weighted by Gasteiger charge is -2.21. The van der Waals surface area contributed by atoms with Gasteiger partial charge in [-0.1, -0.05) is 0 Å². The molecule has 8 nitrogen and oxygen atoms in total. The van der Waals surface area contributed by atoms with Crippen molar-refractivity contribution in [3.8, 4) is 11.5 Å². The smallest absolute Gasteiger partial charge is 0.325 e. The lowest BCUT2D eigenvalue weighted by atomic mass is 10.2. The Kier molecular flexibility index (Phi) is 5.21. The molecule has 1 aromatic carbocycles. The number of aromatic nitrogens is 1. The van der Waals surface area contributed by atoms with E-state index in [4.69, 9.17) is 9.47 Å². The summed E-state index contributed by atoms with van der Waals surface area (Å²) in [5.74, 6) is 0.939. The molecule has 1 aliphatic heterocycles. The molecular weight excluding hydrogens is 336 g/mol. The first-order valence-corrected chi connectivity index (χ1v) is 8.10. The zero-order valence-corrected chi connectivity index (χ0v) is 14.6. The summed E-state index contributed by atoms with van der Waals surface area (Å²) in [5.41, 5.74) is 1.26. The zero-order chi connectivity index (χ0) is 18.5. The Labute approximate surface area is 151 Å². The number of hydrogen-bond acceptors (Lipinski definition) is 5. The molecule has 2 aromatic rings. The summed E-state index contributed by atoms with van der Waals surface area (Å²) in [7, 11) is 3.11. The van der Waals surface area contributed by atoms with Crippen molar-refractivity contribution < 1.29 is 19.1 Å². The van der Waals surface area contributed by atoms with E-state index in [2.05, 4.69) is 10.3 Å². The summed E-state index contributed by atoms with van der Waals surface area (Å²) < 4.78 is 10.6. The molecule has 0 bridgehead atoms. The highest BCUT2D eigenvalue weighted by molar-refractivity contribution is 6.00. The summed E-state index contributed by atoms with van der Waals surface area (Å²) in [5, 5.41) is 2.75. The van der Waals surface area contributed by atoms with Crippen LogP contribution in [0.2, 0.25) is 0 Å². The van der Waals surface area contributed by atoms with Gasteiger partial charge in [0, 0.05) is 37.2 Å². The second-order valence-corrected chi connectivity index (χ2v) is 5.68. The Bertz CT molecular complexity index is 797. The number of carbonyl (C=O) groups is 2. The summed E-state index contributed by atoms with van der Waals surface area (Å²) in [6, 6.07) is 8.40. The standard InChI is InChI=1S/C18H20N4O4/c1-25-14-3-4-16(26-2)15(11-14)22-10-9-21(18(22)24)12-17(23)20-13-5-7-19-8-6-13/h3-8,11H,9-10,12H2,1-2H3,(H,19,20,23). The maximum atomic E-state index is 12.7. The average Bonchev–Trinajstić information content (AvgIpc) is 3.02. The van der Waals surface area contributed by atoms with Crippen LogP contribution in [0.1, 0.15) is 0 Å². The van der Waals surface area contributed by atoms with E-state index in [1.165, 1.54) is 4.90 Å². The van der Waals surface area contributed by atoms with E-state index in [0.717, 1.165) is 0 Å². The molecule has 1 aromatic heterocycles. The third-order valence-corrected chi connectivity index (χ3v) is 4.07. The maximum Gasteiger partial charge on any atom is 0.325 e. The van der Waals surface area contributed by atoms with E-state index in [9.17, 15) is 9.59 Å². The van der Waals surface area contributed by atoms with Crippen molar-refractivity contribution in [1.82, 2.24) is 9.88 Å². The van der Waals surface area contributed by atoms with Gasteiger partial charge in [0.1, 0.15) is 18.0 Å². The molecule has 3 amide bonds. The lowest BCUT2D eigenvalue weighted by molar-refractivity contribution is -0.116. The van der Waals surface area contributed by atoms with Crippen molar-refractivity contribution in [3.63, 3.8) is 0 Å². The molecule has 0 unspecified atom stereocenters. The molecule has 26 heavy (non-hydrogen) atoms. The number of rotatable bonds is 6. The second kappa shape index (κ2) is 7.73. The van der Waals surface area contributed by atoms with Crippen LogP contribution in [-0.2, 0) is 4.79 Å². The van der Waals surface area contributed by atoms with Gasteiger partial charge in [0.25, 0.3) is 0 Å². The number of methoxy groups -OCH3 is 2. The number of anilines is 2. The fraction of sp³-hybridized carbons (Fsp3) is 0.278. The van der Waals surface area contributed by atoms with Crippen LogP contribution in [-0.4, -0.2) is 55.7 Å². The van der Waals surface area contributed by atoms with E-state index >= 15 is 0 Å². The normalized spacial score (nSPS) is 13.7. The molecule has 3 rings (SSSR count). The third-order valence-electron chi connectivity index (χ3n) is 4.07. The molecule has 1 aliphatic rings. The third kappa shape index (κ3) is 3.69. The van der Waals surface area contributed by atoms with Gasteiger partial charge in [0.15, 0.2) is 0 Å². The van der Waals surface area contributed by atoms with Crippen molar-refractivity contribution in [1.29, 1.82) is 0 Å². The Balaban J connectivity index is 1.69. The fourth-order valence-electron chi connectivity index (χ4n) is 2.77. The SMILES string of the molecule is COc1ccc(OC)c(N2CCN(CC(=O)Nc3ccncc3)C2=O)c1. The number of benzene rings is 1. The first-order chi connectivity index (χ1) is 12.6. The second-order valence-electron chi connectivity index (χ2n) is 5.68. The highest BCUT2D eigenvalue weighted by Crippen LogP contribution is 2.34. The topological polar surface area (TPSA) is 84.0 Å². The van der Waals surface area contributed by atoms with Gasteiger partial charge in [0.2, 0.25) is 5.91 Å². The molecule has 0 atom stereocenters. The van der Waals surface area contributed by atoms with Crippen molar-refractivity contribution in [2.24, 2.45) is 0 Å². The van der Waals surface area contributed by atoms with Gasteiger partial charge < -0.3 is 19.7 Å². The number of pyridine rings is 1. The van der Waals surface area contributed by atoms with Crippen LogP contribution in [0.25, 0.3) is 0 Å². The molecule has 0 saturated carbocycles. The van der Waals surface area contributed by atoms with Crippen molar-refractivity contribution in [2.45, 2.75) is 0 Å². The summed E-state index contributed by atoms with van der Waals surface area (Å²) in [6.07, 6.45) is 3.18. The highest BCUT2D eigenvalue weighted by Gasteiger charge is 2.32. The van der Waals surface area contributed by atoms with Crippen molar-refractivity contribution >= 4 is 23.3 Å². The number of carbonyl (C=O) groups excluding carboxylic acids is 2. The van der Waals surface area contributed by atoms with Gasteiger partial charge in [-0.2, -0.15) is 0 Å². The van der Waals surface area contributed by atoms with E-state index in [-0.39, 0.29) is 18.5 Å². The number of urea groups is 1. The minimum Gasteiger partial charge on any atom is -0.497 e. The Morgan fingerprint density at radius 2 is 1.92 bits per heavy atom. The van der Waals surface area contributed by atoms with E-state index in [1.54, 1.807) is 61.8 Å². The van der Waals surface area contributed by atoms with E-state index in [1.807, 2.05) is 0 Å². The molecule has 0 radical (unpaired) electrons. The summed E-state index contributed by atoms with van der Waals surface area (Å²) >= 11 is 0. The number of hydrogen-bond donors (Lipinski definition) is 1. The fourth-order valence-corrected chi connectivity index (χ4v) is 2.77. The van der Waals surface area contributed by atoms with Crippen LogP contribution in [0, 0.1) is 0 Å². The molecule has 8 heteroatoms. The predicted octanol–water partition coefficient (Wildman–Crippen LogP) is 1.98. The number of nitrogens with zero attached hydrogens (tertiary/aromatic N) is 3. The molecule has 0 spiro atoms. The largest absolute Gasteiger partial charge is 0.497 e. The molecule has 1 N–H and O–H groups in total. The Morgan fingerprint density at radius 1 is 1.15 bits per heavy atom. The quantitative estimate of drug-likeness (QED) is 0.856. The van der Waals surface area contributed by atoms with Crippen LogP contribution in [0.3, 0.4) is 0 Å². The van der Waals surface area contributed by atoms with Crippen LogP contribution in [0.5, 0.6) is 11.5 Å². The lowest BCUT2D eigenvalue weighted by Crippen LogP contribution is -2.37.